The molecule has 1 aliphatic heterocycles. The first-order valence-corrected chi connectivity index (χ1v) is 7.01. The van der Waals surface area contributed by atoms with Crippen molar-refractivity contribution in [2.45, 2.75) is 19.0 Å². The van der Waals surface area contributed by atoms with Gasteiger partial charge in [-0.1, -0.05) is 11.6 Å². The summed E-state index contributed by atoms with van der Waals surface area (Å²) in [7, 11) is 0. The number of hydrogen-bond acceptors (Lipinski definition) is 2. The molecule has 1 fully saturated rings. The third-order valence-corrected chi connectivity index (χ3v) is 3.83. The highest BCUT2D eigenvalue weighted by molar-refractivity contribution is 6.32. The molecular formula is C14H13ClF3N3. The summed E-state index contributed by atoms with van der Waals surface area (Å²) in [6, 6.07) is 6.27. The molecule has 0 atom stereocenters. The van der Waals surface area contributed by atoms with Crippen LogP contribution in [0.5, 0.6) is 0 Å². The molecule has 7 heteroatoms. The topological polar surface area (TPSA) is 21.1 Å². The number of alkyl halides is 3. The van der Waals surface area contributed by atoms with Crippen molar-refractivity contribution in [2.24, 2.45) is 0 Å². The van der Waals surface area contributed by atoms with Gasteiger partial charge in [0, 0.05) is 25.0 Å². The Labute approximate surface area is 124 Å². The summed E-state index contributed by atoms with van der Waals surface area (Å²) in [5.41, 5.74) is 0.502. The molecule has 1 aromatic carbocycles. The van der Waals surface area contributed by atoms with Gasteiger partial charge >= 0.3 is 6.18 Å². The number of halogens is 4. The molecule has 2 aromatic rings. The van der Waals surface area contributed by atoms with Gasteiger partial charge in [-0.05, 0) is 37.1 Å². The fraction of sp³-hybridized carbons (Fsp3) is 0.357. The number of benzene rings is 1. The molecule has 112 valence electrons. The van der Waals surface area contributed by atoms with Crippen LogP contribution >= 0.6 is 11.6 Å². The summed E-state index contributed by atoms with van der Waals surface area (Å²) in [4.78, 5) is 2.21. The molecule has 1 saturated heterocycles. The van der Waals surface area contributed by atoms with Gasteiger partial charge in [-0.2, -0.15) is 18.3 Å². The molecule has 1 aliphatic rings. The summed E-state index contributed by atoms with van der Waals surface area (Å²) in [5, 5.41) is 3.92. The summed E-state index contributed by atoms with van der Waals surface area (Å²) < 4.78 is 38.9. The van der Waals surface area contributed by atoms with Gasteiger partial charge in [0.15, 0.2) is 5.69 Å². The third-order valence-electron chi connectivity index (χ3n) is 3.53. The van der Waals surface area contributed by atoms with Crippen LogP contribution in [0.3, 0.4) is 0 Å². The Hall–Kier alpha value is -1.69. The van der Waals surface area contributed by atoms with E-state index >= 15 is 0 Å². The molecule has 3 nitrogen and oxygen atoms in total. The molecule has 0 aliphatic carbocycles. The number of hydrogen-bond donors (Lipinski definition) is 0. The van der Waals surface area contributed by atoms with Gasteiger partial charge in [0.05, 0.1) is 10.7 Å². The molecule has 0 bridgehead atoms. The predicted octanol–water partition coefficient (Wildman–Crippen LogP) is 4.14. The Morgan fingerprint density at radius 3 is 2.38 bits per heavy atom. The smallest absolute Gasteiger partial charge is 0.371 e. The minimum absolute atomic E-state index is 0.385. The van der Waals surface area contributed by atoms with E-state index < -0.39 is 11.9 Å². The average molecular weight is 316 g/mol. The molecule has 2 heterocycles. The van der Waals surface area contributed by atoms with Crippen molar-refractivity contribution in [2.75, 3.05) is 18.0 Å². The fourth-order valence-electron chi connectivity index (χ4n) is 2.46. The minimum atomic E-state index is -4.45. The molecule has 0 N–H and O–H groups in total. The van der Waals surface area contributed by atoms with Crippen molar-refractivity contribution in [3.8, 4) is 5.69 Å². The standard InChI is InChI=1S/C14H13ClF3N3/c15-11-9-10(20-6-1-2-7-20)3-4-12(11)21-8-5-13(19-21)14(16,17)18/h3-5,8-9H,1-2,6-7H2. The number of aromatic nitrogens is 2. The van der Waals surface area contributed by atoms with Crippen molar-refractivity contribution < 1.29 is 13.2 Å². The SMILES string of the molecule is FC(F)(F)c1ccn(-c2ccc(N3CCCC3)cc2Cl)n1. The summed E-state index contributed by atoms with van der Waals surface area (Å²) >= 11 is 6.20. The lowest BCUT2D eigenvalue weighted by Gasteiger charge is -2.18. The summed E-state index contributed by atoms with van der Waals surface area (Å²) in [6.45, 7) is 1.96. The molecule has 0 unspecified atom stereocenters. The first-order valence-electron chi connectivity index (χ1n) is 6.63. The van der Waals surface area contributed by atoms with E-state index in [0.29, 0.717) is 10.7 Å². The van der Waals surface area contributed by atoms with Crippen LogP contribution in [0.4, 0.5) is 18.9 Å². The van der Waals surface area contributed by atoms with Crippen molar-refractivity contribution in [3.05, 3.63) is 41.2 Å². The largest absolute Gasteiger partial charge is 0.435 e. The van der Waals surface area contributed by atoms with Crippen molar-refractivity contribution in [1.29, 1.82) is 0 Å². The number of anilines is 1. The van der Waals surface area contributed by atoms with E-state index in [1.54, 1.807) is 12.1 Å². The van der Waals surface area contributed by atoms with Crippen LogP contribution in [0.1, 0.15) is 18.5 Å². The molecule has 0 spiro atoms. The van der Waals surface area contributed by atoms with Crippen molar-refractivity contribution in [3.63, 3.8) is 0 Å². The Balaban J connectivity index is 1.90. The lowest BCUT2D eigenvalue weighted by atomic mass is 10.2. The van der Waals surface area contributed by atoms with Crippen LogP contribution in [0, 0.1) is 0 Å². The van der Waals surface area contributed by atoms with E-state index in [0.717, 1.165) is 42.4 Å². The minimum Gasteiger partial charge on any atom is -0.371 e. The summed E-state index contributed by atoms with van der Waals surface area (Å²) in [5.74, 6) is 0. The van der Waals surface area contributed by atoms with E-state index in [1.807, 2.05) is 6.07 Å². The zero-order valence-electron chi connectivity index (χ0n) is 11.1. The van der Waals surface area contributed by atoms with Crippen molar-refractivity contribution in [1.82, 2.24) is 9.78 Å². The molecule has 0 saturated carbocycles. The quantitative estimate of drug-likeness (QED) is 0.830. The van der Waals surface area contributed by atoms with Gasteiger partial charge in [-0.3, -0.25) is 0 Å². The fourth-order valence-corrected chi connectivity index (χ4v) is 2.72. The van der Waals surface area contributed by atoms with Gasteiger partial charge in [-0.15, -0.1) is 0 Å². The zero-order chi connectivity index (χ0) is 15.0. The second-order valence-corrected chi connectivity index (χ2v) is 5.38. The predicted molar refractivity (Wildman–Crippen MR) is 75.0 cm³/mol. The Bertz CT molecular complexity index is 645. The van der Waals surface area contributed by atoms with Crippen LogP contribution in [0.25, 0.3) is 5.69 Å². The van der Waals surface area contributed by atoms with Crippen LogP contribution in [-0.2, 0) is 6.18 Å². The maximum atomic E-state index is 12.6. The lowest BCUT2D eigenvalue weighted by molar-refractivity contribution is -0.141. The second-order valence-electron chi connectivity index (χ2n) is 4.97. The third kappa shape index (κ3) is 2.85. The van der Waals surface area contributed by atoms with Crippen molar-refractivity contribution >= 4 is 17.3 Å². The van der Waals surface area contributed by atoms with Gasteiger partial charge in [0.25, 0.3) is 0 Å². The van der Waals surface area contributed by atoms with Crippen LogP contribution in [-0.4, -0.2) is 22.9 Å². The van der Waals surface area contributed by atoms with E-state index in [-0.39, 0.29) is 0 Å². The number of rotatable bonds is 2. The monoisotopic (exact) mass is 315 g/mol. The second kappa shape index (κ2) is 5.26. The summed E-state index contributed by atoms with van der Waals surface area (Å²) in [6.07, 6.45) is -0.895. The first kappa shape index (κ1) is 14.3. The van der Waals surface area contributed by atoms with Gasteiger partial charge in [-0.25, -0.2) is 4.68 Å². The molecule has 0 radical (unpaired) electrons. The maximum Gasteiger partial charge on any atom is 0.435 e. The van der Waals surface area contributed by atoms with Crippen LogP contribution in [0.2, 0.25) is 5.02 Å². The Morgan fingerprint density at radius 1 is 1.10 bits per heavy atom. The van der Waals surface area contributed by atoms with Gasteiger partial charge in [0.1, 0.15) is 0 Å². The zero-order valence-corrected chi connectivity index (χ0v) is 11.8. The van der Waals surface area contributed by atoms with E-state index in [1.165, 1.54) is 6.20 Å². The molecule has 21 heavy (non-hydrogen) atoms. The average Bonchev–Trinajstić information content (AvgIpc) is 3.09. The van der Waals surface area contributed by atoms with Crippen LogP contribution < -0.4 is 4.90 Å². The van der Waals surface area contributed by atoms with E-state index in [4.69, 9.17) is 11.6 Å². The molecule has 0 amide bonds. The highest BCUT2D eigenvalue weighted by Crippen LogP contribution is 2.31. The Kier molecular flexibility index (Phi) is 3.57. The Morgan fingerprint density at radius 2 is 1.81 bits per heavy atom. The highest BCUT2D eigenvalue weighted by Gasteiger charge is 2.33. The maximum absolute atomic E-state index is 12.6. The van der Waals surface area contributed by atoms with Gasteiger partial charge < -0.3 is 4.90 Å². The van der Waals surface area contributed by atoms with E-state index in [2.05, 4.69) is 10.00 Å². The van der Waals surface area contributed by atoms with Gasteiger partial charge in [0.2, 0.25) is 0 Å². The lowest BCUT2D eigenvalue weighted by Crippen LogP contribution is -2.17. The number of nitrogens with zero attached hydrogens (tertiary/aromatic N) is 3. The first-order chi connectivity index (χ1) is 9.95. The molecular weight excluding hydrogens is 303 g/mol. The molecule has 3 rings (SSSR count). The van der Waals surface area contributed by atoms with E-state index in [9.17, 15) is 13.2 Å². The molecule has 1 aromatic heterocycles. The highest BCUT2D eigenvalue weighted by atomic mass is 35.5. The van der Waals surface area contributed by atoms with Crippen LogP contribution in [0.15, 0.2) is 30.5 Å². The normalized spacial score (nSPS) is 15.7.